The zero-order valence-electron chi connectivity index (χ0n) is 12.2. The molecule has 4 rings (SSSR count). The number of carbonyl (C=O) groups is 1. The van der Waals surface area contributed by atoms with Gasteiger partial charge in [0.25, 0.3) is 5.91 Å². The van der Waals surface area contributed by atoms with E-state index in [0.717, 1.165) is 39.2 Å². The SMILES string of the molecule is Cc1csc(C(=O)N2CCc3nc4ncccc4cc3C2)c1. The Morgan fingerprint density at radius 1 is 1.36 bits per heavy atom. The molecule has 0 bridgehead atoms. The molecule has 0 unspecified atom stereocenters. The first-order chi connectivity index (χ1) is 10.7. The van der Waals surface area contributed by atoms with E-state index in [1.165, 1.54) is 11.3 Å². The molecule has 0 spiro atoms. The standard InChI is InChI=1S/C17H15N3OS/c1-11-7-15(22-10-11)17(21)20-6-4-14-13(9-20)8-12-3-2-5-18-16(12)19-14/h2-3,5,7-8,10H,4,6,9H2,1H3. The number of rotatable bonds is 1. The summed E-state index contributed by atoms with van der Waals surface area (Å²) in [6.45, 7) is 3.36. The van der Waals surface area contributed by atoms with Crippen LogP contribution in [0.25, 0.3) is 11.0 Å². The Morgan fingerprint density at radius 3 is 3.09 bits per heavy atom. The molecule has 3 aromatic rings. The van der Waals surface area contributed by atoms with Crippen LogP contribution in [0.4, 0.5) is 0 Å². The van der Waals surface area contributed by atoms with Gasteiger partial charge in [0, 0.05) is 36.8 Å². The predicted molar refractivity (Wildman–Crippen MR) is 87.0 cm³/mol. The zero-order chi connectivity index (χ0) is 15.1. The van der Waals surface area contributed by atoms with Crippen LogP contribution in [-0.2, 0) is 13.0 Å². The van der Waals surface area contributed by atoms with Crippen LogP contribution in [0.15, 0.2) is 35.8 Å². The molecule has 0 saturated carbocycles. The second-order valence-electron chi connectivity index (χ2n) is 5.61. The number of fused-ring (bicyclic) bond motifs is 2. The van der Waals surface area contributed by atoms with Crippen molar-refractivity contribution >= 4 is 28.3 Å². The van der Waals surface area contributed by atoms with E-state index in [2.05, 4.69) is 16.0 Å². The smallest absolute Gasteiger partial charge is 0.264 e. The van der Waals surface area contributed by atoms with E-state index in [1.807, 2.05) is 35.4 Å². The second kappa shape index (κ2) is 5.18. The molecule has 4 nitrogen and oxygen atoms in total. The number of hydrogen-bond donors (Lipinski definition) is 0. The van der Waals surface area contributed by atoms with E-state index in [-0.39, 0.29) is 5.91 Å². The summed E-state index contributed by atoms with van der Waals surface area (Å²) in [5, 5.41) is 3.05. The van der Waals surface area contributed by atoms with Gasteiger partial charge < -0.3 is 4.90 Å². The van der Waals surface area contributed by atoms with Gasteiger partial charge in [-0.3, -0.25) is 4.79 Å². The van der Waals surface area contributed by atoms with E-state index in [0.29, 0.717) is 13.1 Å². The van der Waals surface area contributed by atoms with Crippen molar-refractivity contribution in [1.29, 1.82) is 0 Å². The summed E-state index contributed by atoms with van der Waals surface area (Å²) in [6, 6.07) is 8.00. The molecule has 0 fully saturated rings. The van der Waals surface area contributed by atoms with Crippen LogP contribution in [0.5, 0.6) is 0 Å². The Labute approximate surface area is 132 Å². The normalized spacial score (nSPS) is 14.1. The Hall–Kier alpha value is -2.27. The predicted octanol–water partition coefficient (Wildman–Crippen LogP) is 3.20. The molecule has 3 aromatic heterocycles. The molecule has 0 N–H and O–H groups in total. The number of hydrogen-bond acceptors (Lipinski definition) is 4. The minimum absolute atomic E-state index is 0.120. The molecule has 0 aromatic carbocycles. The van der Waals surface area contributed by atoms with Crippen molar-refractivity contribution in [2.45, 2.75) is 19.9 Å². The third-order valence-corrected chi connectivity index (χ3v) is 5.00. The quantitative estimate of drug-likeness (QED) is 0.693. The third-order valence-electron chi connectivity index (χ3n) is 3.97. The summed E-state index contributed by atoms with van der Waals surface area (Å²) in [6.07, 6.45) is 2.55. The van der Waals surface area contributed by atoms with Crippen LogP contribution in [-0.4, -0.2) is 27.3 Å². The van der Waals surface area contributed by atoms with Gasteiger partial charge in [0.15, 0.2) is 5.65 Å². The number of amides is 1. The van der Waals surface area contributed by atoms with Crippen LogP contribution in [0.1, 0.15) is 26.5 Å². The summed E-state index contributed by atoms with van der Waals surface area (Å²) in [7, 11) is 0. The molecule has 0 atom stereocenters. The monoisotopic (exact) mass is 309 g/mol. The molecule has 110 valence electrons. The van der Waals surface area contributed by atoms with Gasteiger partial charge in [0.05, 0.1) is 4.88 Å². The van der Waals surface area contributed by atoms with E-state index < -0.39 is 0 Å². The first kappa shape index (κ1) is 13.4. The fourth-order valence-corrected chi connectivity index (χ4v) is 3.70. The van der Waals surface area contributed by atoms with Crippen LogP contribution in [0.2, 0.25) is 0 Å². The molecular weight excluding hydrogens is 294 g/mol. The molecule has 0 saturated heterocycles. The van der Waals surface area contributed by atoms with Crippen molar-refractivity contribution in [3.63, 3.8) is 0 Å². The number of pyridine rings is 2. The van der Waals surface area contributed by atoms with E-state index in [1.54, 1.807) is 6.20 Å². The van der Waals surface area contributed by atoms with Gasteiger partial charge in [-0.1, -0.05) is 0 Å². The van der Waals surface area contributed by atoms with Gasteiger partial charge in [-0.05, 0) is 47.7 Å². The third kappa shape index (κ3) is 2.27. The summed E-state index contributed by atoms with van der Waals surface area (Å²) in [4.78, 5) is 24.3. The highest BCUT2D eigenvalue weighted by Crippen LogP contribution is 2.24. The van der Waals surface area contributed by atoms with Crippen LogP contribution < -0.4 is 0 Å². The highest BCUT2D eigenvalue weighted by molar-refractivity contribution is 7.12. The van der Waals surface area contributed by atoms with Crippen LogP contribution in [0.3, 0.4) is 0 Å². The second-order valence-corrected chi connectivity index (χ2v) is 6.52. The maximum absolute atomic E-state index is 12.6. The summed E-state index contributed by atoms with van der Waals surface area (Å²) in [5.74, 6) is 0.120. The van der Waals surface area contributed by atoms with Crippen molar-refractivity contribution in [1.82, 2.24) is 14.9 Å². The molecular formula is C17H15N3OS. The van der Waals surface area contributed by atoms with Gasteiger partial charge in [-0.2, -0.15) is 0 Å². The average Bonchev–Trinajstić information content (AvgIpc) is 2.98. The Morgan fingerprint density at radius 2 is 2.27 bits per heavy atom. The minimum atomic E-state index is 0.120. The van der Waals surface area contributed by atoms with Gasteiger partial charge in [0.1, 0.15) is 0 Å². The van der Waals surface area contributed by atoms with Crippen molar-refractivity contribution in [2.75, 3.05) is 6.54 Å². The maximum atomic E-state index is 12.6. The highest BCUT2D eigenvalue weighted by atomic mass is 32.1. The van der Waals surface area contributed by atoms with Crippen LogP contribution in [0, 0.1) is 6.92 Å². The molecule has 1 amide bonds. The zero-order valence-corrected chi connectivity index (χ0v) is 13.1. The fraction of sp³-hybridized carbons (Fsp3) is 0.235. The number of thiophene rings is 1. The lowest BCUT2D eigenvalue weighted by Gasteiger charge is -2.28. The number of nitrogens with zero attached hydrogens (tertiary/aromatic N) is 3. The molecule has 5 heteroatoms. The summed E-state index contributed by atoms with van der Waals surface area (Å²) in [5.41, 5.74) is 4.13. The first-order valence-electron chi connectivity index (χ1n) is 7.28. The van der Waals surface area contributed by atoms with Gasteiger partial charge in [-0.15, -0.1) is 11.3 Å². The lowest BCUT2D eigenvalue weighted by molar-refractivity contribution is 0.0738. The molecule has 0 aliphatic carbocycles. The van der Waals surface area contributed by atoms with Crippen molar-refractivity contribution < 1.29 is 4.79 Å². The van der Waals surface area contributed by atoms with E-state index in [9.17, 15) is 4.79 Å². The molecule has 1 aliphatic heterocycles. The van der Waals surface area contributed by atoms with Crippen molar-refractivity contribution in [3.05, 3.63) is 57.5 Å². The Balaban J connectivity index is 1.66. The van der Waals surface area contributed by atoms with Gasteiger partial charge >= 0.3 is 0 Å². The lowest BCUT2D eigenvalue weighted by atomic mass is 10.0. The van der Waals surface area contributed by atoms with Crippen LogP contribution >= 0.6 is 11.3 Å². The Bertz CT molecular complexity index is 871. The minimum Gasteiger partial charge on any atom is -0.333 e. The first-order valence-corrected chi connectivity index (χ1v) is 8.16. The number of carbonyl (C=O) groups excluding carboxylic acids is 1. The Kier molecular flexibility index (Phi) is 3.15. The molecule has 22 heavy (non-hydrogen) atoms. The average molecular weight is 309 g/mol. The highest BCUT2D eigenvalue weighted by Gasteiger charge is 2.24. The fourth-order valence-electron chi connectivity index (χ4n) is 2.84. The molecule has 1 aliphatic rings. The van der Waals surface area contributed by atoms with Crippen molar-refractivity contribution in [3.8, 4) is 0 Å². The van der Waals surface area contributed by atoms with E-state index in [4.69, 9.17) is 0 Å². The summed E-state index contributed by atoms with van der Waals surface area (Å²) < 4.78 is 0. The van der Waals surface area contributed by atoms with Gasteiger partial charge in [-0.25, -0.2) is 9.97 Å². The molecule has 4 heterocycles. The largest absolute Gasteiger partial charge is 0.333 e. The number of aromatic nitrogens is 2. The lowest BCUT2D eigenvalue weighted by Crippen LogP contribution is -2.36. The summed E-state index contributed by atoms with van der Waals surface area (Å²) >= 11 is 1.52. The maximum Gasteiger partial charge on any atom is 0.264 e. The van der Waals surface area contributed by atoms with E-state index >= 15 is 0 Å². The topological polar surface area (TPSA) is 46.1 Å². The van der Waals surface area contributed by atoms with Gasteiger partial charge in [0.2, 0.25) is 0 Å². The van der Waals surface area contributed by atoms with Crippen molar-refractivity contribution in [2.24, 2.45) is 0 Å². The number of aryl methyl sites for hydroxylation is 1. The molecule has 0 radical (unpaired) electrons.